The fourth-order valence-electron chi connectivity index (χ4n) is 2.61. The molecule has 4 aromatic rings. The summed E-state index contributed by atoms with van der Waals surface area (Å²) in [5.74, 6) is 0.346. The van der Waals surface area contributed by atoms with Gasteiger partial charge in [-0.3, -0.25) is 9.59 Å². The van der Waals surface area contributed by atoms with Crippen molar-refractivity contribution in [2.45, 2.75) is 27.1 Å². The van der Waals surface area contributed by atoms with Crippen LogP contribution in [0.2, 0.25) is 0 Å². The molecule has 0 atom stereocenters. The summed E-state index contributed by atoms with van der Waals surface area (Å²) in [5.41, 5.74) is 1.40. The number of benzene rings is 2. The molecule has 9 heteroatoms. The predicted molar refractivity (Wildman–Crippen MR) is 161 cm³/mol. The summed E-state index contributed by atoms with van der Waals surface area (Å²) in [4.78, 5) is 21.0. The summed E-state index contributed by atoms with van der Waals surface area (Å²) in [6, 6.07) is 26.0. The Morgan fingerprint density at radius 2 is 0.974 bits per heavy atom. The Morgan fingerprint density at radius 1 is 0.641 bits per heavy atom. The van der Waals surface area contributed by atoms with Crippen molar-refractivity contribution in [1.82, 2.24) is 0 Å². The smallest absolute Gasteiger partial charge is 0.350 e. The van der Waals surface area contributed by atoms with Gasteiger partial charge in [0.05, 0.1) is 44.6 Å². The molecule has 0 aliphatic rings. The fraction of sp³-hybridized carbons (Fsp3) is 0.133. The van der Waals surface area contributed by atoms with E-state index in [0.29, 0.717) is 24.3 Å². The Balaban J connectivity index is 0.000000504. The Labute approximate surface area is 252 Å². The minimum absolute atomic E-state index is 0. The molecule has 0 aliphatic carbocycles. The zero-order chi connectivity index (χ0) is 28.2. The average molecular weight is 605 g/mol. The van der Waals surface area contributed by atoms with Crippen LogP contribution in [0.3, 0.4) is 0 Å². The molecule has 0 radical (unpaired) electrons. The number of allylic oxidation sites excluding steroid dienone is 4. The van der Waals surface area contributed by atoms with Gasteiger partial charge in [-0.05, 0) is 61.0 Å². The molecule has 2 aromatic heterocycles. The molecule has 0 amide bonds. The molecule has 0 bridgehead atoms. The van der Waals surface area contributed by atoms with E-state index in [0.717, 1.165) is 9.75 Å². The van der Waals surface area contributed by atoms with E-state index >= 15 is 0 Å². The van der Waals surface area contributed by atoms with Crippen LogP contribution in [0.5, 0.6) is 0 Å². The van der Waals surface area contributed by atoms with Crippen LogP contribution in [0.1, 0.15) is 34.7 Å². The van der Waals surface area contributed by atoms with E-state index in [2.05, 4.69) is 0 Å². The summed E-state index contributed by atoms with van der Waals surface area (Å²) in [6.07, 6.45) is 2.63. The molecular weight excluding hydrogens is 568 g/mol. The first-order chi connectivity index (χ1) is 18.3. The van der Waals surface area contributed by atoms with E-state index < -0.39 is 0 Å². The predicted octanol–water partition coefficient (Wildman–Crippen LogP) is 6.03. The minimum Gasteiger partial charge on any atom is -0.512 e. The third-order valence-electron chi connectivity index (χ3n) is 4.34. The molecular formula is C30H36O6S2Ti+4. The van der Waals surface area contributed by atoms with Crippen LogP contribution in [0.4, 0.5) is 0 Å². The number of thiophene rings is 2. The number of rotatable bonds is 6. The molecule has 0 fully saturated rings. The van der Waals surface area contributed by atoms with Crippen LogP contribution in [0.15, 0.2) is 119 Å². The third kappa shape index (κ3) is 17.2. The standard InChI is InChI=1S/2C10H10O2.2C5H6OS.Ti/c2*1-8(11)7-10(12)9-5-3-2-4-6-9;2*6-4-5-2-1-3-7-5;/h2*2-7,11H,1H3;2*1-3,6H,4H2;/p+4/b2*8-7-;;;. The van der Waals surface area contributed by atoms with Crippen LogP contribution in [-0.4, -0.2) is 41.6 Å². The van der Waals surface area contributed by atoms with E-state index in [9.17, 15) is 9.59 Å². The Hall–Kier alpha value is -3.11. The maximum Gasteiger partial charge on any atom is 0.350 e. The molecule has 0 saturated carbocycles. The normalized spacial score (nSPS) is 10.3. The minimum atomic E-state index is 0. The first-order valence-corrected chi connectivity index (χ1v) is 13.3. The second kappa shape index (κ2) is 21.8. The molecule has 6 nitrogen and oxygen atoms in total. The molecule has 0 spiro atoms. The maximum absolute atomic E-state index is 9.37. The number of carbonyl (C=O) groups excluding carboxylic acids is 2. The van der Waals surface area contributed by atoms with Gasteiger partial charge in [-0.1, -0.05) is 48.5 Å². The van der Waals surface area contributed by atoms with E-state index in [1.165, 1.54) is 26.0 Å². The van der Waals surface area contributed by atoms with E-state index in [-0.39, 0.29) is 44.8 Å². The molecule has 0 aliphatic heterocycles. The average Bonchev–Trinajstić information content (AvgIpc) is 3.65. The van der Waals surface area contributed by atoms with Gasteiger partial charge in [0.15, 0.2) is 13.2 Å². The topological polar surface area (TPSA) is 129 Å². The monoisotopic (exact) mass is 604 g/mol. The molecule has 2 heterocycles. The van der Waals surface area contributed by atoms with Crippen molar-refractivity contribution < 1.29 is 51.7 Å². The van der Waals surface area contributed by atoms with Gasteiger partial charge in [0.25, 0.3) is 0 Å². The zero-order valence-corrected chi connectivity index (χ0v) is 25.1. The third-order valence-corrected chi connectivity index (χ3v) is 6.09. The van der Waals surface area contributed by atoms with Crippen LogP contribution in [0, 0.1) is 0 Å². The van der Waals surface area contributed by atoms with E-state index in [1.54, 1.807) is 46.9 Å². The number of ketones is 2. The number of hydrogen-bond acceptors (Lipinski definition) is 4. The van der Waals surface area contributed by atoms with Crippen molar-refractivity contribution in [3.63, 3.8) is 0 Å². The molecule has 39 heavy (non-hydrogen) atoms. The second-order valence-corrected chi connectivity index (χ2v) is 9.65. The molecule has 2 aromatic carbocycles. The Bertz CT molecular complexity index is 1130. The van der Waals surface area contributed by atoms with Gasteiger partial charge >= 0.3 is 11.6 Å². The molecule has 8 N–H and O–H groups in total. The fourth-order valence-corrected chi connectivity index (χ4v) is 3.75. The summed E-state index contributed by atoms with van der Waals surface area (Å²) in [5, 5.41) is 35.5. The van der Waals surface area contributed by atoms with Gasteiger partial charge in [0, 0.05) is 21.7 Å². The molecule has 0 saturated heterocycles. The van der Waals surface area contributed by atoms with E-state index in [4.69, 9.17) is 20.4 Å². The first kappa shape index (κ1) is 35.9. The van der Waals surface area contributed by atoms with Gasteiger partial charge in [-0.15, -0.1) is 22.7 Å². The summed E-state index contributed by atoms with van der Waals surface area (Å²) >= 11 is 3.27. The summed E-state index contributed by atoms with van der Waals surface area (Å²) in [7, 11) is 0. The van der Waals surface area contributed by atoms with Gasteiger partial charge in [-0.25, -0.2) is 0 Å². The number of hydrogen-bond donors (Lipinski definition) is 2. The SMILES string of the molecule is C/C(O)=C/C(=[OH+])c1ccccc1.C/C(O)=C/C(=[OH+])c1ccccc1.[OH2+]Cc1cccs1.[OH2+]Cc1cccs1.[Ti]. The van der Waals surface area contributed by atoms with Gasteiger partial charge < -0.3 is 20.4 Å². The molecule has 204 valence electrons. The van der Waals surface area contributed by atoms with Gasteiger partial charge in [0.1, 0.15) is 0 Å². The quantitative estimate of drug-likeness (QED) is 0.0917. The largest absolute Gasteiger partial charge is 0.512 e. The Morgan fingerprint density at radius 3 is 1.18 bits per heavy atom. The Kier molecular flexibility index (Phi) is 20.1. The molecule has 4 rings (SSSR count). The first-order valence-electron chi connectivity index (χ1n) is 11.6. The molecule has 0 unspecified atom stereocenters. The van der Waals surface area contributed by atoms with Crippen molar-refractivity contribution in [2.24, 2.45) is 0 Å². The second-order valence-electron chi connectivity index (χ2n) is 7.59. The summed E-state index contributed by atoms with van der Waals surface area (Å²) < 4.78 is 0. The van der Waals surface area contributed by atoms with Gasteiger partial charge in [-0.2, -0.15) is 0 Å². The summed E-state index contributed by atoms with van der Waals surface area (Å²) in [6.45, 7) is 3.88. The van der Waals surface area contributed by atoms with Crippen molar-refractivity contribution in [1.29, 1.82) is 0 Å². The number of aliphatic hydroxyl groups excluding tert-OH is 2. The van der Waals surface area contributed by atoms with Crippen molar-refractivity contribution >= 4 is 34.2 Å². The van der Waals surface area contributed by atoms with Crippen molar-refractivity contribution in [2.75, 3.05) is 0 Å². The van der Waals surface area contributed by atoms with E-state index in [1.807, 2.05) is 71.4 Å². The van der Waals surface area contributed by atoms with Gasteiger partial charge in [0.2, 0.25) is 0 Å². The zero-order valence-electron chi connectivity index (χ0n) is 21.9. The van der Waals surface area contributed by atoms with Crippen molar-refractivity contribution in [3.05, 3.63) is 140 Å². The maximum atomic E-state index is 9.37. The number of aliphatic hydroxyl groups is 2. The van der Waals surface area contributed by atoms with Crippen LogP contribution < -0.4 is 0 Å². The van der Waals surface area contributed by atoms with Crippen LogP contribution >= 0.6 is 22.7 Å². The van der Waals surface area contributed by atoms with Crippen LogP contribution in [0.25, 0.3) is 0 Å². The van der Waals surface area contributed by atoms with Crippen molar-refractivity contribution in [3.8, 4) is 0 Å². The van der Waals surface area contributed by atoms with Crippen LogP contribution in [-0.2, 0) is 34.9 Å².